The van der Waals surface area contributed by atoms with Gasteiger partial charge in [0.05, 0.1) is 0 Å². The minimum Gasteiger partial charge on any atom is -0.462 e. The summed E-state index contributed by atoms with van der Waals surface area (Å²) in [6.07, 6.45) is 68.5. The molecule has 0 radical (unpaired) electrons. The van der Waals surface area contributed by atoms with Gasteiger partial charge in [0.15, 0.2) is 6.10 Å². The van der Waals surface area contributed by atoms with Gasteiger partial charge in [-0.3, -0.25) is 14.4 Å². The molecule has 372 valence electrons. The first-order chi connectivity index (χ1) is 32.0. The van der Waals surface area contributed by atoms with Crippen LogP contribution in [0.2, 0.25) is 0 Å². The summed E-state index contributed by atoms with van der Waals surface area (Å²) in [4.78, 5) is 38.0. The van der Waals surface area contributed by atoms with Gasteiger partial charge in [0.25, 0.3) is 0 Å². The van der Waals surface area contributed by atoms with E-state index in [1.54, 1.807) is 0 Å². The molecule has 65 heavy (non-hydrogen) atoms. The standard InChI is InChI=1S/C59H100O6/c1-4-7-10-13-16-19-22-24-26-28-29-31-33-35-38-40-43-46-49-52-58(61)64-55-56(65-59(62)53-50-47-44-41-36-21-18-15-12-9-6-3)54-63-57(60)51-48-45-42-39-37-34-32-30-27-25-23-20-17-14-11-8-5-2/h15-20,24-27,29,31,35,38,56H,4-14,21-23,28,30,32-34,36-37,39-55H2,1-3H3/b18-15-,19-16-,20-17-,26-24-,27-25-,31-29-,38-35-/t56-/m0/s1. The number of allylic oxidation sites excluding steroid dienone is 14. The average molecular weight is 905 g/mol. The van der Waals surface area contributed by atoms with Crippen LogP contribution in [-0.2, 0) is 28.6 Å². The third-order valence-corrected chi connectivity index (χ3v) is 11.3. The fraction of sp³-hybridized carbons (Fsp3) is 0.712. The molecule has 0 aliphatic rings. The van der Waals surface area contributed by atoms with Crippen LogP contribution < -0.4 is 0 Å². The molecule has 0 spiro atoms. The van der Waals surface area contributed by atoms with Crippen LogP contribution in [0.15, 0.2) is 85.1 Å². The maximum atomic E-state index is 12.8. The Morgan fingerprint density at radius 2 is 0.569 bits per heavy atom. The number of hydrogen-bond acceptors (Lipinski definition) is 6. The Bertz CT molecular complexity index is 1270. The monoisotopic (exact) mass is 905 g/mol. The van der Waals surface area contributed by atoms with E-state index in [9.17, 15) is 14.4 Å². The van der Waals surface area contributed by atoms with Gasteiger partial charge < -0.3 is 14.2 Å². The molecular formula is C59H100O6. The van der Waals surface area contributed by atoms with Crippen molar-refractivity contribution in [1.82, 2.24) is 0 Å². The van der Waals surface area contributed by atoms with Crippen molar-refractivity contribution in [3.8, 4) is 0 Å². The molecule has 0 rings (SSSR count). The van der Waals surface area contributed by atoms with Crippen molar-refractivity contribution in [2.45, 2.75) is 258 Å². The highest BCUT2D eigenvalue weighted by Gasteiger charge is 2.19. The molecule has 0 saturated heterocycles. The van der Waals surface area contributed by atoms with Crippen LogP contribution in [0.1, 0.15) is 252 Å². The van der Waals surface area contributed by atoms with E-state index in [4.69, 9.17) is 14.2 Å². The zero-order valence-electron chi connectivity index (χ0n) is 42.5. The number of esters is 3. The highest BCUT2D eigenvalue weighted by atomic mass is 16.6. The van der Waals surface area contributed by atoms with Crippen LogP contribution in [0.3, 0.4) is 0 Å². The van der Waals surface area contributed by atoms with Crippen molar-refractivity contribution in [2.75, 3.05) is 13.2 Å². The van der Waals surface area contributed by atoms with E-state index in [1.165, 1.54) is 103 Å². The van der Waals surface area contributed by atoms with Crippen molar-refractivity contribution < 1.29 is 28.6 Å². The minimum atomic E-state index is -0.797. The fourth-order valence-electron chi connectivity index (χ4n) is 7.20. The maximum absolute atomic E-state index is 12.8. The summed E-state index contributed by atoms with van der Waals surface area (Å²) in [5.41, 5.74) is 0. The molecule has 6 heteroatoms. The number of hydrogen-bond donors (Lipinski definition) is 0. The van der Waals surface area contributed by atoms with Crippen molar-refractivity contribution in [3.63, 3.8) is 0 Å². The molecule has 0 amide bonds. The van der Waals surface area contributed by atoms with E-state index in [0.29, 0.717) is 19.3 Å². The predicted octanol–water partition coefficient (Wildman–Crippen LogP) is 18.0. The Labute approximate surface area is 401 Å². The lowest BCUT2D eigenvalue weighted by molar-refractivity contribution is -0.167. The Morgan fingerprint density at radius 1 is 0.308 bits per heavy atom. The number of carbonyl (C=O) groups is 3. The molecule has 1 atom stereocenters. The van der Waals surface area contributed by atoms with E-state index in [-0.39, 0.29) is 31.1 Å². The van der Waals surface area contributed by atoms with Gasteiger partial charge in [0.1, 0.15) is 13.2 Å². The SMILES string of the molecule is CCCC/C=C\CCCCCCCC(=O)O[C@H](COC(=O)CCCCC/C=C\C/C=C\C/C=C\C/C=C\CCCCC)COC(=O)CCCCCCCCC/C=C\C/C=C\CCCCC. The number of carbonyl (C=O) groups excluding carboxylic acids is 3. The second-order valence-electron chi connectivity index (χ2n) is 17.8. The summed E-state index contributed by atoms with van der Waals surface area (Å²) in [5.74, 6) is -0.943. The molecule has 0 aromatic carbocycles. The molecule has 0 aromatic heterocycles. The second-order valence-corrected chi connectivity index (χ2v) is 17.8. The van der Waals surface area contributed by atoms with Crippen LogP contribution in [0.4, 0.5) is 0 Å². The first kappa shape index (κ1) is 61.6. The second kappa shape index (κ2) is 53.2. The first-order valence-electron chi connectivity index (χ1n) is 27.1. The lowest BCUT2D eigenvalue weighted by Crippen LogP contribution is -2.30. The van der Waals surface area contributed by atoms with Gasteiger partial charge in [0.2, 0.25) is 0 Å². The summed E-state index contributed by atoms with van der Waals surface area (Å²) in [5, 5.41) is 0. The zero-order chi connectivity index (χ0) is 47.2. The molecule has 0 fully saturated rings. The van der Waals surface area contributed by atoms with E-state index in [2.05, 4.69) is 106 Å². The smallest absolute Gasteiger partial charge is 0.306 e. The third kappa shape index (κ3) is 51.4. The van der Waals surface area contributed by atoms with E-state index >= 15 is 0 Å². The van der Waals surface area contributed by atoms with Gasteiger partial charge in [0, 0.05) is 19.3 Å². The zero-order valence-corrected chi connectivity index (χ0v) is 42.5. The molecule has 0 unspecified atom stereocenters. The molecular weight excluding hydrogens is 805 g/mol. The van der Waals surface area contributed by atoms with Crippen LogP contribution in [0.5, 0.6) is 0 Å². The molecule has 0 aromatic rings. The molecule has 0 heterocycles. The van der Waals surface area contributed by atoms with Crippen molar-refractivity contribution in [3.05, 3.63) is 85.1 Å². The topological polar surface area (TPSA) is 78.9 Å². The third-order valence-electron chi connectivity index (χ3n) is 11.3. The lowest BCUT2D eigenvalue weighted by Gasteiger charge is -2.18. The summed E-state index contributed by atoms with van der Waals surface area (Å²) < 4.78 is 16.8. The van der Waals surface area contributed by atoms with Crippen molar-refractivity contribution >= 4 is 17.9 Å². The first-order valence-corrected chi connectivity index (χ1v) is 27.1. The maximum Gasteiger partial charge on any atom is 0.306 e. The number of ether oxygens (including phenoxy) is 3. The summed E-state index contributed by atoms with van der Waals surface area (Å²) in [6.45, 7) is 6.50. The highest BCUT2D eigenvalue weighted by Crippen LogP contribution is 2.13. The summed E-state index contributed by atoms with van der Waals surface area (Å²) >= 11 is 0. The van der Waals surface area contributed by atoms with E-state index < -0.39 is 6.10 Å². The van der Waals surface area contributed by atoms with Crippen LogP contribution >= 0.6 is 0 Å². The van der Waals surface area contributed by atoms with Gasteiger partial charge in [-0.2, -0.15) is 0 Å². The normalized spacial score (nSPS) is 12.7. The Balaban J connectivity index is 4.42. The predicted molar refractivity (Wildman–Crippen MR) is 279 cm³/mol. The number of rotatable bonds is 48. The van der Waals surface area contributed by atoms with Crippen LogP contribution in [0.25, 0.3) is 0 Å². The molecule has 0 bridgehead atoms. The Hall–Kier alpha value is -3.41. The average Bonchev–Trinajstić information content (AvgIpc) is 3.30. The van der Waals surface area contributed by atoms with Crippen LogP contribution in [-0.4, -0.2) is 37.2 Å². The quantitative estimate of drug-likeness (QED) is 0.0262. The Morgan fingerprint density at radius 3 is 0.938 bits per heavy atom. The van der Waals surface area contributed by atoms with Gasteiger partial charge >= 0.3 is 17.9 Å². The lowest BCUT2D eigenvalue weighted by atomic mass is 10.1. The van der Waals surface area contributed by atoms with E-state index in [1.807, 2.05) is 0 Å². The summed E-state index contributed by atoms with van der Waals surface area (Å²) in [7, 11) is 0. The largest absolute Gasteiger partial charge is 0.462 e. The molecule has 0 aliphatic carbocycles. The van der Waals surface area contributed by atoms with Crippen molar-refractivity contribution in [1.29, 1.82) is 0 Å². The fourth-order valence-corrected chi connectivity index (χ4v) is 7.20. The molecule has 0 saturated carbocycles. The van der Waals surface area contributed by atoms with Gasteiger partial charge in [-0.25, -0.2) is 0 Å². The van der Waals surface area contributed by atoms with Crippen molar-refractivity contribution in [2.24, 2.45) is 0 Å². The molecule has 0 N–H and O–H groups in total. The van der Waals surface area contributed by atoms with Gasteiger partial charge in [-0.15, -0.1) is 0 Å². The van der Waals surface area contributed by atoms with Crippen LogP contribution in [0, 0.1) is 0 Å². The van der Waals surface area contributed by atoms with E-state index in [0.717, 1.165) is 109 Å². The number of unbranched alkanes of at least 4 members (excludes halogenated alkanes) is 23. The summed E-state index contributed by atoms with van der Waals surface area (Å²) in [6, 6.07) is 0. The highest BCUT2D eigenvalue weighted by molar-refractivity contribution is 5.71. The van der Waals surface area contributed by atoms with Gasteiger partial charge in [-0.05, 0) is 116 Å². The molecule has 0 aliphatic heterocycles. The Kier molecular flexibility index (Phi) is 50.4. The molecule has 6 nitrogen and oxygen atoms in total. The minimum absolute atomic E-state index is 0.0948. The van der Waals surface area contributed by atoms with Gasteiger partial charge in [-0.1, -0.05) is 202 Å².